The van der Waals surface area contributed by atoms with Crippen LogP contribution in [0.5, 0.6) is 5.88 Å². The van der Waals surface area contributed by atoms with Crippen molar-refractivity contribution in [1.29, 1.82) is 0 Å². The average Bonchev–Trinajstić information content (AvgIpc) is 3.39. The molecule has 1 unspecified atom stereocenters. The second kappa shape index (κ2) is 12.3. The summed E-state index contributed by atoms with van der Waals surface area (Å²) in [5.74, 6) is 1.40. The van der Waals surface area contributed by atoms with Gasteiger partial charge in [-0.3, -0.25) is 10.4 Å². The number of methoxy groups -OCH3 is 1. The van der Waals surface area contributed by atoms with Crippen molar-refractivity contribution in [1.82, 2.24) is 10.4 Å². The molecule has 6 heteroatoms. The van der Waals surface area contributed by atoms with E-state index < -0.39 is 0 Å². The lowest BCUT2D eigenvalue weighted by Gasteiger charge is -2.27. The molecule has 37 heavy (non-hydrogen) atoms. The summed E-state index contributed by atoms with van der Waals surface area (Å²) in [5, 5.41) is 2.10. The van der Waals surface area contributed by atoms with Gasteiger partial charge < -0.3 is 14.5 Å². The van der Waals surface area contributed by atoms with Gasteiger partial charge in [-0.05, 0) is 81.3 Å². The number of hydrazine groups is 1. The van der Waals surface area contributed by atoms with Gasteiger partial charge in [0.05, 0.1) is 18.8 Å². The highest BCUT2D eigenvalue weighted by Crippen LogP contribution is 2.33. The number of benzene rings is 2. The Balaban J connectivity index is 1.60. The van der Waals surface area contributed by atoms with Gasteiger partial charge in [-0.25, -0.2) is 0 Å². The lowest BCUT2D eigenvalue weighted by atomic mass is 10.0. The Labute approximate surface area is 221 Å². The van der Waals surface area contributed by atoms with Crippen molar-refractivity contribution in [3.05, 3.63) is 95.7 Å². The number of rotatable bonds is 11. The molecule has 6 nitrogen and oxygen atoms in total. The van der Waals surface area contributed by atoms with Crippen molar-refractivity contribution >= 4 is 23.3 Å². The first-order chi connectivity index (χ1) is 18.1. The van der Waals surface area contributed by atoms with Gasteiger partial charge in [-0.15, -0.1) is 0 Å². The molecule has 4 rings (SSSR count). The third-order valence-electron chi connectivity index (χ3n) is 6.87. The molecule has 0 saturated carbocycles. The molecule has 1 atom stereocenters. The topological polar surface area (TPSA) is 43.9 Å². The van der Waals surface area contributed by atoms with Crippen LogP contribution in [0.4, 0.5) is 17.2 Å². The Morgan fingerprint density at radius 2 is 1.41 bits per heavy atom. The van der Waals surface area contributed by atoms with Crippen molar-refractivity contribution in [2.24, 2.45) is 0 Å². The van der Waals surface area contributed by atoms with E-state index in [4.69, 9.17) is 4.74 Å². The first-order valence-electron chi connectivity index (χ1n) is 13.3. The van der Waals surface area contributed by atoms with Gasteiger partial charge in [0.15, 0.2) is 5.82 Å². The van der Waals surface area contributed by atoms with Crippen LogP contribution < -0.4 is 25.0 Å². The van der Waals surface area contributed by atoms with Crippen molar-refractivity contribution in [3.63, 3.8) is 0 Å². The monoisotopic (exact) mass is 497 g/mol. The Kier molecular flexibility index (Phi) is 8.72. The van der Waals surface area contributed by atoms with Crippen LogP contribution in [0.2, 0.25) is 0 Å². The number of anilines is 3. The van der Waals surface area contributed by atoms with Crippen molar-refractivity contribution < 1.29 is 4.74 Å². The second-order valence-electron chi connectivity index (χ2n) is 8.95. The largest absolute Gasteiger partial charge is 0.481 e. The highest BCUT2D eigenvalue weighted by Gasteiger charge is 2.27. The third-order valence-corrected chi connectivity index (χ3v) is 6.87. The van der Waals surface area contributed by atoms with Crippen molar-refractivity contribution in [2.45, 2.75) is 33.7 Å². The van der Waals surface area contributed by atoms with Gasteiger partial charge >= 0.3 is 0 Å². The standard InChI is InChI=1S/C31H39N5O/c1-6-34(7-2)27-19-14-24(15-20-27)13-18-26-23-29(25-16-21-28(22-17-25)35(8-3)9-4)36(33-26)30-11-10-12-31(32-30)37-5/h10-23,29,33H,6-9H2,1-5H3. The van der Waals surface area contributed by atoms with E-state index in [0.717, 1.165) is 43.3 Å². The van der Waals surface area contributed by atoms with Crippen molar-refractivity contribution in [2.75, 3.05) is 48.1 Å². The zero-order valence-electron chi connectivity index (χ0n) is 22.7. The smallest absolute Gasteiger partial charge is 0.214 e. The molecule has 0 aliphatic carbocycles. The van der Waals surface area contributed by atoms with E-state index in [-0.39, 0.29) is 6.04 Å². The predicted octanol–water partition coefficient (Wildman–Crippen LogP) is 6.45. The minimum Gasteiger partial charge on any atom is -0.481 e. The highest BCUT2D eigenvalue weighted by atomic mass is 16.5. The number of nitrogens with one attached hydrogen (secondary N) is 1. The van der Waals surface area contributed by atoms with Gasteiger partial charge in [-0.1, -0.05) is 36.4 Å². The van der Waals surface area contributed by atoms with E-state index in [0.29, 0.717) is 5.88 Å². The van der Waals surface area contributed by atoms with Gasteiger partial charge in [0.25, 0.3) is 0 Å². The molecule has 0 amide bonds. The lowest BCUT2D eigenvalue weighted by Crippen LogP contribution is -2.34. The molecule has 1 aliphatic rings. The number of ether oxygens (including phenoxy) is 1. The minimum atomic E-state index is -0.00458. The molecule has 2 heterocycles. The van der Waals surface area contributed by atoms with Crippen LogP contribution in [-0.4, -0.2) is 38.3 Å². The maximum absolute atomic E-state index is 5.39. The van der Waals surface area contributed by atoms with Crippen LogP contribution in [0.25, 0.3) is 6.08 Å². The maximum Gasteiger partial charge on any atom is 0.214 e. The van der Waals surface area contributed by atoms with Gasteiger partial charge in [0, 0.05) is 43.6 Å². The summed E-state index contributed by atoms with van der Waals surface area (Å²) >= 11 is 0. The molecule has 0 fully saturated rings. The van der Waals surface area contributed by atoms with E-state index in [2.05, 4.69) is 120 Å². The van der Waals surface area contributed by atoms with Gasteiger partial charge in [0.1, 0.15) is 0 Å². The Bertz CT molecular complexity index is 1200. The summed E-state index contributed by atoms with van der Waals surface area (Å²) in [7, 11) is 1.64. The molecular weight excluding hydrogens is 458 g/mol. The Morgan fingerprint density at radius 3 is 1.97 bits per heavy atom. The Morgan fingerprint density at radius 1 is 0.811 bits per heavy atom. The molecule has 0 radical (unpaired) electrons. The number of aromatic nitrogens is 1. The van der Waals surface area contributed by atoms with Crippen LogP contribution >= 0.6 is 0 Å². The molecule has 3 aromatic rings. The number of allylic oxidation sites excluding steroid dienone is 1. The molecular formula is C31H39N5O. The van der Waals surface area contributed by atoms with Crippen LogP contribution in [0.15, 0.2) is 84.6 Å². The predicted molar refractivity (Wildman–Crippen MR) is 156 cm³/mol. The SMILES string of the molecule is CCN(CC)c1ccc(C=CC2=CC(c3ccc(N(CC)CC)cc3)N(c3cccc(OC)n3)N2)cc1. The fraction of sp³-hybridized carbons (Fsp3) is 0.323. The summed E-state index contributed by atoms with van der Waals surface area (Å²) in [4.78, 5) is 9.39. The number of pyridine rings is 1. The number of hydrogen-bond donors (Lipinski definition) is 1. The average molecular weight is 498 g/mol. The molecule has 0 spiro atoms. The first-order valence-corrected chi connectivity index (χ1v) is 13.3. The zero-order valence-corrected chi connectivity index (χ0v) is 22.7. The summed E-state index contributed by atoms with van der Waals surface area (Å²) in [6, 6.07) is 23.4. The lowest BCUT2D eigenvalue weighted by molar-refractivity contribution is 0.397. The van der Waals surface area contributed by atoms with Crippen LogP contribution in [0, 0.1) is 0 Å². The molecule has 1 aliphatic heterocycles. The summed E-state index contributed by atoms with van der Waals surface area (Å²) in [5.41, 5.74) is 9.43. The molecule has 1 N–H and O–H groups in total. The summed E-state index contributed by atoms with van der Waals surface area (Å²) < 4.78 is 5.39. The molecule has 194 valence electrons. The maximum atomic E-state index is 5.39. The number of hydrogen-bond acceptors (Lipinski definition) is 6. The fourth-order valence-corrected chi connectivity index (χ4v) is 4.72. The first kappa shape index (κ1) is 26.1. The van der Waals surface area contributed by atoms with E-state index in [1.54, 1.807) is 7.11 Å². The number of nitrogens with zero attached hydrogens (tertiary/aromatic N) is 4. The van der Waals surface area contributed by atoms with E-state index in [1.165, 1.54) is 16.9 Å². The van der Waals surface area contributed by atoms with Gasteiger partial charge in [-0.2, -0.15) is 4.98 Å². The zero-order chi connectivity index (χ0) is 26.2. The summed E-state index contributed by atoms with van der Waals surface area (Å²) in [6.07, 6.45) is 6.52. The van der Waals surface area contributed by atoms with Gasteiger partial charge in [0.2, 0.25) is 5.88 Å². The van der Waals surface area contributed by atoms with E-state index in [1.807, 2.05) is 18.2 Å². The van der Waals surface area contributed by atoms with Crippen LogP contribution in [-0.2, 0) is 0 Å². The highest BCUT2D eigenvalue weighted by molar-refractivity contribution is 5.60. The Hall–Kier alpha value is -3.93. The minimum absolute atomic E-state index is 0.00458. The molecule has 0 bridgehead atoms. The summed E-state index contributed by atoms with van der Waals surface area (Å²) in [6.45, 7) is 12.7. The van der Waals surface area contributed by atoms with E-state index >= 15 is 0 Å². The normalized spacial score (nSPS) is 15.0. The molecule has 1 aromatic heterocycles. The molecule has 2 aromatic carbocycles. The quantitative estimate of drug-likeness (QED) is 0.329. The van der Waals surface area contributed by atoms with Crippen LogP contribution in [0.3, 0.4) is 0 Å². The third kappa shape index (κ3) is 6.08. The van der Waals surface area contributed by atoms with E-state index in [9.17, 15) is 0 Å². The van der Waals surface area contributed by atoms with Crippen molar-refractivity contribution in [3.8, 4) is 5.88 Å². The fourth-order valence-electron chi connectivity index (χ4n) is 4.72. The molecule has 0 saturated heterocycles. The second-order valence-corrected chi connectivity index (χ2v) is 8.95. The van der Waals surface area contributed by atoms with Crippen LogP contribution in [0.1, 0.15) is 44.9 Å².